The molecule has 1 aromatic rings. The molecule has 1 aromatic carbocycles. The standard InChI is InChI=1S/C14H18BrClO/c1-8-9(2)17-10(3)13(8)14(15)11-4-6-12(16)7-5-11/h4-10,13-14H,1-3H3. The smallest absolute Gasteiger partial charge is 0.0596 e. The van der Waals surface area contributed by atoms with Gasteiger partial charge < -0.3 is 4.74 Å². The summed E-state index contributed by atoms with van der Waals surface area (Å²) in [6.45, 7) is 6.58. The molecular formula is C14H18BrClO. The molecule has 1 aliphatic heterocycles. The van der Waals surface area contributed by atoms with E-state index in [2.05, 4.69) is 48.8 Å². The summed E-state index contributed by atoms with van der Waals surface area (Å²) in [5, 5.41) is 0.783. The second-order valence-electron chi connectivity index (χ2n) is 4.94. The third kappa shape index (κ3) is 2.69. The molecule has 5 unspecified atom stereocenters. The van der Waals surface area contributed by atoms with Gasteiger partial charge in [-0.05, 0) is 37.5 Å². The number of halogens is 2. The number of rotatable bonds is 2. The highest BCUT2D eigenvalue weighted by Crippen LogP contribution is 2.44. The number of benzene rings is 1. The molecule has 17 heavy (non-hydrogen) atoms. The van der Waals surface area contributed by atoms with E-state index in [9.17, 15) is 0 Å². The van der Waals surface area contributed by atoms with Crippen molar-refractivity contribution < 1.29 is 4.74 Å². The summed E-state index contributed by atoms with van der Waals surface area (Å²) in [7, 11) is 0. The summed E-state index contributed by atoms with van der Waals surface area (Å²) in [6, 6.07) is 8.06. The summed E-state index contributed by atoms with van der Waals surface area (Å²) in [4.78, 5) is 0.328. The van der Waals surface area contributed by atoms with Gasteiger partial charge in [0.2, 0.25) is 0 Å². The Labute approximate surface area is 117 Å². The maximum atomic E-state index is 5.92. The van der Waals surface area contributed by atoms with E-state index in [1.54, 1.807) is 0 Å². The van der Waals surface area contributed by atoms with Gasteiger partial charge in [0.1, 0.15) is 0 Å². The molecule has 0 radical (unpaired) electrons. The van der Waals surface area contributed by atoms with Gasteiger partial charge in [0, 0.05) is 15.8 Å². The van der Waals surface area contributed by atoms with Crippen LogP contribution < -0.4 is 0 Å². The molecule has 1 nitrogen and oxygen atoms in total. The first-order chi connectivity index (χ1) is 8.00. The van der Waals surface area contributed by atoms with E-state index in [1.807, 2.05) is 12.1 Å². The summed E-state index contributed by atoms with van der Waals surface area (Å²) in [5.74, 6) is 1.07. The molecule has 0 spiro atoms. The number of hydrogen-bond donors (Lipinski definition) is 0. The fourth-order valence-corrected chi connectivity index (χ4v) is 4.01. The van der Waals surface area contributed by atoms with Crippen LogP contribution in [0, 0.1) is 11.8 Å². The molecule has 0 saturated carbocycles. The van der Waals surface area contributed by atoms with Gasteiger partial charge in [-0.1, -0.05) is 46.6 Å². The zero-order chi connectivity index (χ0) is 12.6. The highest BCUT2D eigenvalue weighted by atomic mass is 79.9. The Morgan fingerprint density at radius 1 is 1.12 bits per heavy atom. The molecule has 2 rings (SSSR count). The van der Waals surface area contributed by atoms with E-state index < -0.39 is 0 Å². The quantitative estimate of drug-likeness (QED) is 0.710. The van der Waals surface area contributed by atoms with Crippen LogP contribution in [-0.2, 0) is 4.74 Å². The van der Waals surface area contributed by atoms with E-state index in [1.165, 1.54) is 5.56 Å². The monoisotopic (exact) mass is 316 g/mol. The molecule has 94 valence electrons. The maximum Gasteiger partial charge on any atom is 0.0596 e. The average Bonchev–Trinajstić information content (AvgIpc) is 2.53. The molecule has 0 aromatic heterocycles. The van der Waals surface area contributed by atoms with Gasteiger partial charge >= 0.3 is 0 Å². The van der Waals surface area contributed by atoms with Gasteiger partial charge in [-0.15, -0.1) is 0 Å². The molecule has 0 amide bonds. The largest absolute Gasteiger partial charge is 0.375 e. The summed E-state index contributed by atoms with van der Waals surface area (Å²) < 4.78 is 5.90. The predicted octanol–water partition coefficient (Wildman–Crippen LogP) is 4.84. The number of hydrogen-bond acceptors (Lipinski definition) is 1. The first-order valence-corrected chi connectivity index (χ1v) is 7.35. The van der Waals surface area contributed by atoms with Crippen molar-refractivity contribution in [3.05, 3.63) is 34.9 Å². The fourth-order valence-electron chi connectivity index (χ4n) is 2.67. The van der Waals surface area contributed by atoms with Crippen molar-refractivity contribution in [2.24, 2.45) is 11.8 Å². The Morgan fingerprint density at radius 2 is 1.71 bits per heavy atom. The van der Waals surface area contributed by atoms with Crippen LogP contribution in [0.4, 0.5) is 0 Å². The minimum Gasteiger partial charge on any atom is -0.375 e. The van der Waals surface area contributed by atoms with Crippen molar-refractivity contribution in [2.75, 3.05) is 0 Å². The third-order valence-corrected chi connectivity index (χ3v) is 5.24. The normalized spacial score (nSPS) is 34.9. The van der Waals surface area contributed by atoms with Gasteiger partial charge in [-0.2, -0.15) is 0 Å². The molecule has 3 heteroatoms. The lowest BCUT2D eigenvalue weighted by Crippen LogP contribution is -2.21. The second-order valence-corrected chi connectivity index (χ2v) is 6.36. The zero-order valence-electron chi connectivity index (χ0n) is 10.4. The van der Waals surface area contributed by atoms with E-state index in [0.717, 1.165) is 5.02 Å². The van der Waals surface area contributed by atoms with Gasteiger partial charge in [0.25, 0.3) is 0 Å². The fraction of sp³-hybridized carbons (Fsp3) is 0.571. The van der Waals surface area contributed by atoms with Crippen LogP contribution in [-0.4, -0.2) is 12.2 Å². The van der Waals surface area contributed by atoms with Gasteiger partial charge in [0.15, 0.2) is 0 Å². The van der Waals surface area contributed by atoms with Gasteiger partial charge in [-0.3, -0.25) is 0 Å². The van der Waals surface area contributed by atoms with E-state index in [-0.39, 0.29) is 0 Å². The molecule has 1 fully saturated rings. The van der Waals surface area contributed by atoms with E-state index in [4.69, 9.17) is 16.3 Å². The summed E-state index contributed by atoms with van der Waals surface area (Å²) >= 11 is 9.74. The van der Waals surface area contributed by atoms with Crippen molar-refractivity contribution in [1.29, 1.82) is 0 Å². The first-order valence-electron chi connectivity index (χ1n) is 6.05. The molecule has 0 bridgehead atoms. The van der Waals surface area contributed by atoms with E-state index in [0.29, 0.717) is 28.9 Å². The number of ether oxygens (including phenoxy) is 1. The number of alkyl halides is 1. The SMILES string of the molecule is CC1OC(C)C(C(Br)c2ccc(Cl)cc2)C1C. The lowest BCUT2D eigenvalue weighted by atomic mass is 9.84. The molecule has 1 aliphatic rings. The Morgan fingerprint density at radius 3 is 2.18 bits per heavy atom. The molecule has 1 heterocycles. The minimum absolute atomic E-state index is 0.292. The minimum atomic E-state index is 0.292. The predicted molar refractivity (Wildman–Crippen MR) is 75.8 cm³/mol. The van der Waals surface area contributed by atoms with Crippen LogP contribution in [0.1, 0.15) is 31.2 Å². The van der Waals surface area contributed by atoms with Crippen LogP contribution in [0.2, 0.25) is 5.02 Å². The summed E-state index contributed by atoms with van der Waals surface area (Å²) in [5.41, 5.74) is 1.27. The van der Waals surface area contributed by atoms with E-state index >= 15 is 0 Å². The lowest BCUT2D eigenvalue weighted by molar-refractivity contribution is 0.0511. The second kappa shape index (κ2) is 5.29. The first kappa shape index (κ1) is 13.4. The van der Waals surface area contributed by atoms with Crippen LogP contribution >= 0.6 is 27.5 Å². The lowest BCUT2D eigenvalue weighted by Gasteiger charge is -2.24. The highest BCUT2D eigenvalue weighted by Gasteiger charge is 2.41. The molecule has 5 atom stereocenters. The van der Waals surface area contributed by atoms with Crippen molar-refractivity contribution >= 4 is 27.5 Å². The van der Waals surface area contributed by atoms with Crippen LogP contribution in [0.5, 0.6) is 0 Å². The Bertz CT molecular complexity index is 378. The highest BCUT2D eigenvalue weighted by molar-refractivity contribution is 9.09. The molecule has 1 saturated heterocycles. The Balaban J connectivity index is 2.19. The molecular weight excluding hydrogens is 300 g/mol. The Kier molecular flexibility index (Phi) is 4.17. The van der Waals surface area contributed by atoms with Crippen LogP contribution in [0.15, 0.2) is 24.3 Å². The maximum absolute atomic E-state index is 5.92. The van der Waals surface area contributed by atoms with Crippen LogP contribution in [0.25, 0.3) is 0 Å². The van der Waals surface area contributed by atoms with Crippen molar-refractivity contribution in [3.63, 3.8) is 0 Å². The van der Waals surface area contributed by atoms with Crippen molar-refractivity contribution in [2.45, 2.75) is 37.8 Å². The topological polar surface area (TPSA) is 9.23 Å². The summed E-state index contributed by atoms with van der Waals surface area (Å²) in [6.07, 6.45) is 0.627. The van der Waals surface area contributed by atoms with Crippen LogP contribution in [0.3, 0.4) is 0 Å². The van der Waals surface area contributed by atoms with Gasteiger partial charge in [0.05, 0.1) is 12.2 Å². The van der Waals surface area contributed by atoms with Crippen molar-refractivity contribution in [1.82, 2.24) is 0 Å². The Hall–Kier alpha value is -0.0500. The zero-order valence-corrected chi connectivity index (χ0v) is 12.7. The van der Waals surface area contributed by atoms with Crippen molar-refractivity contribution in [3.8, 4) is 0 Å². The average molecular weight is 318 g/mol. The van der Waals surface area contributed by atoms with Gasteiger partial charge in [-0.25, -0.2) is 0 Å². The molecule has 0 aliphatic carbocycles. The molecule has 0 N–H and O–H groups in total. The third-order valence-electron chi connectivity index (χ3n) is 3.85.